The quantitative estimate of drug-likeness (QED) is 0.711. The maximum absolute atomic E-state index is 12.4. The van der Waals surface area contributed by atoms with Crippen LogP contribution in [-0.4, -0.2) is 32.0 Å². The third kappa shape index (κ3) is 5.31. The number of halogens is 1. The number of quaternary nitrogens is 1. The third-order valence-electron chi connectivity index (χ3n) is 4.78. The molecule has 5 nitrogen and oxygen atoms in total. The van der Waals surface area contributed by atoms with Crippen molar-refractivity contribution in [1.29, 1.82) is 0 Å². The Kier molecular flexibility index (Phi) is 6.48. The summed E-state index contributed by atoms with van der Waals surface area (Å²) in [4.78, 5) is 25.4. The average Bonchev–Trinajstić information content (AvgIpc) is 2.63. The minimum Gasteiger partial charge on any atom is -0.344 e. The fourth-order valence-electron chi connectivity index (χ4n) is 3.52. The first kappa shape index (κ1) is 19.4. The first-order valence-corrected chi connectivity index (χ1v) is 9.63. The van der Waals surface area contributed by atoms with Crippen molar-refractivity contribution in [3.63, 3.8) is 0 Å². The van der Waals surface area contributed by atoms with Crippen LogP contribution >= 0.6 is 11.6 Å². The van der Waals surface area contributed by atoms with Gasteiger partial charge in [-0.1, -0.05) is 48.0 Å². The zero-order valence-corrected chi connectivity index (χ0v) is 16.2. The molecule has 1 aliphatic rings. The van der Waals surface area contributed by atoms with E-state index in [1.165, 1.54) is 11.1 Å². The number of amides is 2. The zero-order valence-electron chi connectivity index (χ0n) is 15.4. The van der Waals surface area contributed by atoms with Crippen LogP contribution in [0.15, 0.2) is 48.5 Å². The molecule has 2 aromatic rings. The van der Waals surface area contributed by atoms with Gasteiger partial charge in [-0.2, -0.15) is 0 Å². The van der Waals surface area contributed by atoms with Crippen LogP contribution in [0.4, 0.5) is 5.69 Å². The predicted octanol–water partition coefficient (Wildman–Crippen LogP) is 1.99. The summed E-state index contributed by atoms with van der Waals surface area (Å²) in [6.45, 7) is 0.439. The number of benzene rings is 2. The molecule has 0 heterocycles. The maximum atomic E-state index is 12.4. The standard InChI is InChI=1S/C21H24ClN3O2/c1-25(14-21(27)24-19-11-5-4-10-17(19)22)13-20(26)23-18-12-6-8-15-7-2-3-9-16(15)18/h2-5,7,9-11,18H,6,8,12-14H2,1H3,(H,23,26)(H,24,27)/p+1/t18-/m1/s1. The molecule has 0 saturated heterocycles. The number of nitrogens with one attached hydrogen (secondary N) is 3. The van der Waals surface area contributed by atoms with Crippen LogP contribution < -0.4 is 15.5 Å². The highest BCUT2D eigenvalue weighted by Crippen LogP contribution is 2.29. The lowest BCUT2D eigenvalue weighted by molar-refractivity contribution is -0.862. The summed E-state index contributed by atoms with van der Waals surface area (Å²) in [5, 5.41) is 6.41. The lowest BCUT2D eigenvalue weighted by Gasteiger charge is -2.26. The molecule has 142 valence electrons. The normalized spacial score (nSPS) is 16.9. The second-order valence-corrected chi connectivity index (χ2v) is 7.46. The molecule has 3 N–H and O–H groups in total. The van der Waals surface area contributed by atoms with Gasteiger partial charge >= 0.3 is 0 Å². The van der Waals surface area contributed by atoms with Crippen LogP contribution in [0.2, 0.25) is 5.02 Å². The Morgan fingerprint density at radius 1 is 1.07 bits per heavy atom. The van der Waals surface area contributed by atoms with Gasteiger partial charge in [0.05, 0.1) is 23.8 Å². The number of likely N-dealkylation sites (N-methyl/N-ethyl adjacent to an activating group) is 1. The summed E-state index contributed by atoms with van der Waals surface area (Å²) >= 11 is 6.05. The first-order valence-electron chi connectivity index (χ1n) is 9.26. The molecule has 2 aromatic carbocycles. The molecular weight excluding hydrogens is 362 g/mol. The molecule has 0 spiro atoms. The van der Waals surface area contributed by atoms with Gasteiger partial charge in [0.2, 0.25) is 0 Å². The fraction of sp³-hybridized carbons (Fsp3) is 0.333. The number of carbonyl (C=O) groups excluding carboxylic acids is 2. The molecule has 1 unspecified atom stereocenters. The highest BCUT2D eigenvalue weighted by atomic mass is 35.5. The number of para-hydroxylation sites is 1. The second-order valence-electron chi connectivity index (χ2n) is 7.05. The Morgan fingerprint density at radius 3 is 2.59 bits per heavy atom. The Hall–Kier alpha value is -2.37. The molecule has 1 aliphatic carbocycles. The van der Waals surface area contributed by atoms with Crippen LogP contribution in [0.5, 0.6) is 0 Å². The zero-order chi connectivity index (χ0) is 19.2. The van der Waals surface area contributed by atoms with Crippen molar-refractivity contribution < 1.29 is 14.5 Å². The van der Waals surface area contributed by atoms with Crippen molar-refractivity contribution in [1.82, 2.24) is 5.32 Å². The molecule has 27 heavy (non-hydrogen) atoms. The van der Waals surface area contributed by atoms with E-state index in [9.17, 15) is 9.59 Å². The van der Waals surface area contributed by atoms with E-state index in [2.05, 4.69) is 22.8 Å². The van der Waals surface area contributed by atoms with E-state index in [1.807, 2.05) is 31.3 Å². The van der Waals surface area contributed by atoms with Gasteiger partial charge in [-0.15, -0.1) is 0 Å². The van der Waals surface area contributed by atoms with Gasteiger partial charge in [0.25, 0.3) is 11.8 Å². The molecule has 2 amide bonds. The lowest BCUT2D eigenvalue weighted by Crippen LogP contribution is -3.11. The Labute approximate surface area is 164 Å². The molecule has 0 fully saturated rings. The smallest absolute Gasteiger partial charge is 0.279 e. The molecular formula is C21H25ClN3O2+. The van der Waals surface area contributed by atoms with E-state index in [-0.39, 0.29) is 30.9 Å². The molecule has 0 radical (unpaired) electrons. The third-order valence-corrected chi connectivity index (χ3v) is 5.11. The number of hydrogen-bond acceptors (Lipinski definition) is 2. The van der Waals surface area contributed by atoms with Gasteiger partial charge in [0.15, 0.2) is 13.1 Å². The Balaban J connectivity index is 1.50. The van der Waals surface area contributed by atoms with Gasteiger partial charge in [0.1, 0.15) is 0 Å². The number of anilines is 1. The van der Waals surface area contributed by atoms with Crippen molar-refractivity contribution in [2.75, 3.05) is 25.5 Å². The molecule has 6 heteroatoms. The van der Waals surface area contributed by atoms with E-state index >= 15 is 0 Å². The first-order chi connectivity index (χ1) is 13.0. The van der Waals surface area contributed by atoms with Gasteiger partial charge < -0.3 is 15.5 Å². The topological polar surface area (TPSA) is 62.6 Å². The van der Waals surface area contributed by atoms with Gasteiger partial charge in [0, 0.05) is 0 Å². The number of rotatable bonds is 6. The van der Waals surface area contributed by atoms with E-state index in [0.717, 1.165) is 24.2 Å². The van der Waals surface area contributed by atoms with Gasteiger partial charge in [-0.25, -0.2) is 0 Å². The number of fused-ring (bicyclic) bond motifs is 1. The van der Waals surface area contributed by atoms with Crippen LogP contribution in [0, 0.1) is 0 Å². The molecule has 2 atom stereocenters. The molecule has 3 rings (SSSR count). The van der Waals surface area contributed by atoms with Crippen molar-refractivity contribution >= 4 is 29.1 Å². The van der Waals surface area contributed by atoms with E-state index in [4.69, 9.17) is 11.6 Å². The fourth-order valence-corrected chi connectivity index (χ4v) is 3.70. The van der Waals surface area contributed by atoms with Crippen LogP contribution in [0.25, 0.3) is 0 Å². The molecule has 0 saturated carbocycles. The highest BCUT2D eigenvalue weighted by Gasteiger charge is 2.23. The monoisotopic (exact) mass is 386 g/mol. The van der Waals surface area contributed by atoms with Gasteiger partial charge in [-0.05, 0) is 42.5 Å². The summed E-state index contributed by atoms with van der Waals surface area (Å²) in [5.41, 5.74) is 3.11. The SMILES string of the molecule is C[NH+](CC(=O)Nc1ccccc1Cl)CC(=O)N[C@@H]1CCCc2ccccc21. The Bertz CT molecular complexity index is 825. The summed E-state index contributed by atoms with van der Waals surface area (Å²) in [7, 11) is 1.83. The summed E-state index contributed by atoms with van der Waals surface area (Å²) in [5.74, 6) is -0.212. The number of aryl methyl sites for hydroxylation is 1. The van der Waals surface area contributed by atoms with E-state index in [1.54, 1.807) is 12.1 Å². The van der Waals surface area contributed by atoms with Gasteiger partial charge in [-0.3, -0.25) is 9.59 Å². The van der Waals surface area contributed by atoms with Crippen molar-refractivity contribution in [2.45, 2.75) is 25.3 Å². The average molecular weight is 387 g/mol. The maximum Gasteiger partial charge on any atom is 0.279 e. The number of carbonyl (C=O) groups is 2. The van der Waals surface area contributed by atoms with Crippen LogP contribution in [0.1, 0.15) is 30.0 Å². The summed E-state index contributed by atoms with van der Waals surface area (Å²) < 4.78 is 0. The minimum atomic E-state index is -0.170. The van der Waals surface area contributed by atoms with Crippen molar-refractivity contribution in [3.05, 3.63) is 64.7 Å². The number of hydrogen-bond donors (Lipinski definition) is 3. The Morgan fingerprint density at radius 2 is 1.78 bits per heavy atom. The van der Waals surface area contributed by atoms with Crippen LogP contribution in [0.3, 0.4) is 0 Å². The lowest BCUT2D eigenvalue weighted by atomic mass is 9.88. The van der Waals surface area contributed by atoms with E-state index in [0.29, 0.717) is 10.7 Å². The van der Waals surface area contributed by atoms with Crippen molar-refractivity contribution in [3.8, 4) is 0 Å². The molecule has 0 aliphatic heterocycles. The molecule has 0 aromatic heterocycles. The van der Waals surface area contributed by atoms with E-state index < -0.39 is 0 Å². The summed E-state index contributed by atoms with van der Waals surface area (Å²) in [6.07, 6.45) is 3.09. The minimum absolute atomic E-state index is 0.0419. The van der Waals surface area contributed by atoms with Crippen molar-refractivity contribution in [2.24, 2.45) is 0 Å². The van der Waals surface area contributed by atoms with Crippen LogP contribution in [-0.2, 0) is 16.0 Å². The second kappa shape index (κ2) is 9.02. The summed E-state index contributed by atoms with van der Waals surface area (Å²) in [6, 6.07) is 15.4. The molecule has 0 bridgehead atoms. The highest BCUT2D eigenvalue weighted by molar-refractivity contribution is 6.33. The predicted molar refractivity (Wildman–Crippen MR) is 107 cm³/mol. The largest absolute Gasteiger partial charge is 0.344 e.